The van der Waals surface area contributed by atoms with Crippen LogP contribution in [0, 0.1) is 0 Å². The second kappa shape index (κ2) is 10.2. The number of imidazole rings is 1. The number of hydrogen-bond donors (Lipinski definition) is 3. The van der Waals surface area contributed by atoms with Crippen molar-refractivity contribution in [2.24, 2.45) is 0 Å². The summed E-state index contributed by atoms with van der Waals surface area (Å²) in [6, 6.07) is 22.6. The predicted molar refractivity (Wildman–Crippen MR) is 117 cm³/mol. The molecule has 0 atom stereocenters. The minimum absolute atomic E-state index is 0.126. The molecule has 0 bridgehead atoms. The van der Waals surface area contributed by atoms with Crippen molar-refractivity contribution in [3.8, 4) is 11.1 Å². The van der Waals surface area contributed by atoms with Gasteiger partial charge in [-0.2, -0.15) is 13.2 Å². The Morgan fingerprint density at radius 1 is 0.882 bits per heavy atom. The average molecular weight is 472 g/mol. The summed E-state index contributed by atoms with van der Waals surface area (Å²) in [5, 5.41) is 26.1. The quantitative estimate of drug-likeness (QED) is 0.392. The largest absolute Gasteiger partial charge is 0.490 e. The van der Waals surface area contributed by atoms with Crippen LogP contribution in [-0.2, 0) is 17.9 Å². The highest BCUT2D eigenvalue weighted by Crippen LogP contribution is 2.25. The number of hydrogen-bond acceptors (Lipinski definition) is 4. The highest BCUT2D eigenvalue weighted by molar-refractivity contribution is 5.96. The molecule has 0 unspecified atom stereocenters. The lowest BCUT2D eigenvalue weighted by molar-refractivity contribution is -0.192. The number of carboxylic acid groups (broad SMARTS) is 2. The smallest absolute Gasteiger partial charge is 0.478 e. The zero-order valence-electron chi connectivity index (χ0n) is 17.5. The van der Waals surface area contributed by atoms with Crippen molar-refractivity contribution in [3.05, 3.63) is 89.7 Å². The third-order valence-corrected chi connectivity index (χ3v) is 4.88. The zero-order chi connectivity index (χ0) is 24.9. The van der Waals surface area contributed by atoms with Gasteiger partial charge in [-0.25, -0.2) is 14.6 Å². The Labute approximate surface area is 191 Å². The van der Waals surface area contributed by atoms with Crippen molar-refractivity contribution >= 4 is 23.0 Å². The number of aromatic carboxylic acids is 1. The molecule has 0 radical (unpaired) electrons. The number of aliphatic hydroxyl groups excluding tert-OH is 1. The van der Waals surface area contributed by atoms with E-state index in [0.29, 0.717) is 17.9 Å². The van der Waals surface area contributed by atoms with Gasteiger partial charge in [0.25, 0.3) is 0 Å². The summed E-state index contributed by atoms with van der Waals surface area (Å²) >= 11 is 0. The van der Waals surface area contributed by atoms with Gasteiger partial charge < -0.3 is 19.9 Å². The third-order valence-electron chi connectivity index (χ3n) is 4.88. The minimum Gasteiger partial charge on any atom is -0.478 e. The Balaban J connectivity index is 0.000000406. The topological polar surface area (TPSA) is 113 Å². The van der Waals surface area contributed by atoms with Crippen LogP contribution >= 0.6 is 0 Å². The van der Waals surface area contributed by atoms with E-state index in [1.54, 1.807) is 12.1 Å². The fourth-order valence-electron chi connectivity index (χ4n) is 3.32. The van der Waals surface area contributed by atoms with Crippen molar-refractivity contribution in [3.63, 3.8) is 0 Å². The van der Waals surface area contributed by atoms with Crippen LogP contribution in [-0.4, -0.2) is 43.0 Å². The Morgan fingerprint density at radius 3 is 2.06 bits per heavy atom. The number of aromatic nitrogens is 2. The third kappa shape index (κ3) is 5.59. The van der Waals surface area contributed by atoms with Gasteiger partial charge in [-0.3, -0.25) is 0 Å². The van der Waals surface area contributed by atoms with Crippen LogP contribution in [0.3, 0.4) is 0 Å². The summed E-state index contributed by atoms with van der Waals surface area (Å²) < 4.78 is 33.7. The first kappa shape index (κ1) is 24.5. The van der Waals surface area contributed by atoms with Crippen LogP contribution in [0.25, 0.3) is 22.2 Å². The van der Waals surface area contributed by atoms with E-state index in [4.69, 9.17) is 9.90 Å². The summed E-state index contributed by atoms with van der Waals surface area (Å²) in [6.45, 7) is 0.454. The van der Waals surface area contributed by atoms with Gasteiger partial charge in [0.05, 0.1) is 16.6 Å². The van der Waals surface area contributed by atoms with Gasteiger partial charge in [0.15, 0.2) is 0 Å². The Hall–Kier alpha value is -4.18. The first-order chi connectivity index (χ1) is 16.1. The van der Waals surface area contributed by atoms with Crippen LogP contribution in [0.1, 0.15) is 21.7 Å². The molecular formula is C24H19F3N2O5. The molecule has 34 heavy (non-hydrogen) atoms. The molecule has 4 aromatic rings. The molecule has 10 heteroatoms. The molecule has 0 saturated carbocycles. The van der Waals surface area contributed by atoms with Crippen molar-refractivity contribution in [1.29, 1.82) is 0 Å². The molecule has 0 aliphatic heterocycles. The van der Waals surface area contributed by atoms with E-state index in [2.05, 4.69) is 4.98 Å². The van der Waals surface area contributed by atoms with Gasteiger partial charge in [-0.1, -0.05) is 54.6 Å². The van der Waals surface area contributed by atoms with Crippen LogP contribution in [0.2, 0.25) is 0 Å². The van der Waals surface area contributed by atoms with E-state index in [0.717, 1.165) is 22.2 Å². The number of aliphatic carboxylic acids is 1. The molecule has 0 saturated heterocycles. The molecule has 0 amide bonds. The number of carboxylic acids is 2. The first-order valence-corrected chi connectivity index (χ1v) is 9.88. The monoisotopic (exact) mass is 472 g/mol. The van der Waals surface area contributed by atoms with Crippen molar-refractivity contribution in [2.45, 2.75) is 19.3 Å². The lowest BCUT2D eigenvalue weighted by atomic mass is 9.99. The highest BCUT2D eigenvalue weighted by Gasteiger charge is 2.38. The molecule has 0 aliphatic rings. The van der Waals surface area contributed by atoms with Gasteiger partial charge in [-0.05, 0) is 34.9 Å². The number of fused-ring (bicyclic) bond motifs is 1. The summed E-state index contributed by atoms with van der Waals surface area (Å²) in [5.74, 6) is -3.07. The van der Waals surface area contributed by atoms with Gasteiger partial charge in [-0.15, -0.1) is 0 Å². The Kier molecular flexibility index (Phi) is 7.32. The van der Waals surface area contributed by atoms with Crippen molar-refractivity contribution in [1.82, 2.24) is 9.55 Å². The SMILES string of the molecule is O=C(O)C(F)(F)F.O=C(O)c1ccccc1-c1ccc(Cn2c(CO)nc3ccccc32)cc1. The van der Waals surface area contributed by atoms with Crippen LogP contribution in [0.5, 0.6) is 0 Å². The van der Waals surface area contributed by atoms with E-state index in [1.165, 1.54) is 0 Å². The molecule has 3 N–H and O–H groups in total. The van der Waals surface area contributed by atoms with Crippen molar-refractivity contribution < 1.29 is 38.1 Å². The molecule has 7 nitrogen and oxygen atoms in total. The summed E-state index contributed by atoms with van der Waals surface area (Å²) in [7, 11) is 0. The number of nitrogens with zero attached hydrogens (tertiary/aromatic N) is 2. The van der Waals surface area contributed by atoms with Gasteiger partial charge in [0.1, 0.15) is 12.4 Å². The first-order valence-electron chi connectivity index (χ1n) is 9.88. The molecule has 1 aromatic heterocycles. The number of benzene rings is 3. The Bertz CT molecular complexity index is 1310. The number of rotatable bonds is 5. The predicted octanol–water partition coefficient (Wildman–Crippen LogP) is 4.58. The molecule has 0 spiro atoms. The maximum absolute atomic E-state index is 11.4. The van der Waals surface area contributed by atoms with E-state index < -0.39 is 18.1 Å². The highest BCUT2D eigenvalue weighted by atomic mass is 19.4. The van der Waals surface area contributed by atoms with Gasteiger partial charge in [0.2, 0.25) is 0 Å². The second-order valence-corrected chi connectivity index (χ2v) is 7.11. The minimum atomic E-state index is -5.08. The molecule has 0 fully saturated rings. The van der Waals surface area contributed by atoms with Gasteiger partial charge >= 0.3 is 18.1 Å². The standard InChI is InChI=1S/C22H18N2O3.C2HF3O2/c25-14-21-23-19-7-3-4-8-20(19)24(21)13-15-9-11-16(12-10-15)17-5-1-2-6-18(17)22(26)27;3-2(4,5)1(6)7/h1-12,25H,13-14H2,(H,26,27);(H,6,7). The fourth-order valence-corrected chi connectivity index (χ4v) is 3.32. The zero-order valence-corrected chi connectivity index (χ0v) is 17.5. The number of aliphatic hydroxyl groups is 1. The number of para-hydroxylation sites is 2. The second-order valence-electron chi connectivity index (χ2n) is 7.11. The van der Waals surface area contributed by atoms with Crippen LogP contribution in [0.15, 0.2) is 72.8 Å². The lowest BCUT2D eigenvalue weighted by Gasteiger charge is -2.10. The molecule has 4 rings (SSSR count). The number of carbonyl (C=O) groups is 2. The van der Waals surface area contributed by atoms with Gasteiger partial charge in [0, 0.05) is 6.54 Å². The van der Waals surface area contributed by atoms with E-state index >= 15 is 0 Å². The van der Waals surface area contributed by atoms with E-state index in [1.807, 2.05) is 65.2 Å². The Morgan fingerprint density at radius 2 is 1.47 bits per heavy atom. The van der Waals surface area contributed by atoms with Crippen LogP contribution in [0.4, 0.5) is 13.2 Å². The molecular weight excluding hydrogens is 453 g/mol. The molecule has 0 aliphatic carbocycles. The van der Waals surface area contributed by atoms with Crippen molar-refractivity contribution in [2.75, 3.05) is 0 Å². The fraction of sp³-hybridized carbons (Fsp3) is 0.125. The van der Waals surface area contributed by atoms with E-state index in [9.17, 15) is 28.2 Å². The number of alkyl halides is 3. The normalized spacial score (nSPS) is 11.1. The maximum atomic E-state index is 11.4. The maximum Gasteiger partial charge on any atom is 0.490 e. The van der Waals surface area contributed by atoms with Crippen LogP contribution < -0.4 is 0 Å². The summed E-state index contributed by atoms with van der Waals surface area (Å²) in [4.78, 5) is 24.8. The molecule has 3 aromatic carbocycles. The number of halogens is 3. The summed E-state index contributed by atoms with van der Waals surface area (Å²) in [6.07, 6.45) is -5.08. The lowest BCUT2D eigenvalue weighted by Crippen LogP contribution is -2.21. The summed E-state index contributed by atoms with van der Waals surface area (Å²) in [5.41, 5.74) is 4.71. The van der Waals surface area contributed by atoms with E-state index in [-0.39, 0.29) is 12.2 Å². The molecule has 176 valence electrons. The average Bonchev–Trinajstić information content (AvgIpc) is 3.17. The molecule has 1 heterocycles.